The molecule has 20 nitrogen and oxygen atoms in total. The Kier molecular flexibility index (Phi) is 22.3. The first kappa shape index (κ1) is 63.5. The van der Waals surface area contributed by atoms with Crippen LogP contribution in [0.4, 0.5) is 0 Å². The predicted molar refractivity (Wildman–Crippen MR) is 287 cm³/mol. The second-order valence-corrected chi connectivity index (χ2v) is 23.3. The molecule has 76 heavy (non-hydrogen) atoms. The molecule has 0 radical (unpaired) electrons. The molecule has 3 saturated heterocycles. The Morgan fingerprint density at radius 1 is 0.908 bits per heavy atom. The molecule has 18 atom stereocenters. The molecule has 0 unspecified atom stereocenters. The van der Waals surface area contributed by atoms with Gasteiger partial charge in [-0.15, -0.1) is 0 Å². The summed E-state index contributed by atoms with van der Waals surface area (Å²) in [5.74, 6) is -3.98. The Hall–Kier alpha value is -3.35. The van der Waals surface area contributed by atoms with E-state index in [1.807, 2.05) is 77.7 Å². The van der Waals surface area contributed by atoms with Crippen molar-refractivity contribution in [3.05, 3.63) is 45.7 Å². The number of aryl methyl sites for hydroxylation is 1. The first-order chi connectivity index (χ1) is 35.5. The van der Waals surface area contributed by atoms with E-state index in [1.54, 1.807) is 64.7 Å². The van der Waals surface area contributed by atoms with E-state index in [2.05, 4.69) is 0 Å². The van der Waals surface area contributed by atoms with E-state index >= 15 is 0 Å². The molecule has 1 aromatic heterocycles. The molecule has 0 saturated carbocycles. The maximum absolute atomic E-state index is 14.6. The number of methoxy groups -OCH3 is 1. The topological polar surface area (TPSA) is 241 Å². The maximum atomic E-state index is 14.6. The summed E-state index contributed by atoms with van der Waals surface area (Å²) in [5, 5.41) is 59.8. The minimum atomic E-state index is -1.84. The smallest absolute Gasteiger partial charge is 0.341 e. The normalized spacial score (nSPS) is 37.6. The van der Waals surface area contributed by atoms with Crippen molar-refractivity contribution in [3.8, 4) is 0 Å². The van der Waals surface area contributed by atoms with E-state index in [0.29, 0.717) is 63.0 Å². The third-order valence-electron chi connectivity index (χ3n) is 16.4. The molecule has 3 fully saturated rings. The number of aliphatic hydroxyl groups is 4. The number of aliphatic hydroxyl groups excluding tert-OH is 2. The Morgan fingerprint density at radius 2 is 1.58 bits per heavy atom. The molecular formula is C56H94N4O16. The Morgan fingerprint density at radius 3 is 2.20 bits per heavy atom. The van der Waals surface area contributed by atoms with Gasteiger partial charge in [0.1, 0.15) is 35.6 Å². The molecular weight excluding hydrogens is 985 g/mol. The van der Waals surface area contributed by atoms with E-state index in [0.717, 1.165) is 5.56 Å². The van der Waals surface area contributed by atoms with Crippen molar-refractivity contribution >= 4 is 22.8 Å². The number of aromatic carboxylic acids is 1. The van der Waals surface area contributed by atoms with Gasteiger partial charge in [-0.25, -0.2) is 4.79 Å². The molecule has 0 amide bonds. The van der Waals surface area contributed by atoms with Gasteiger partial charge in [0.25, 0.3) is 0 Å². The van der Waals surface area contributed by atoms with Crippen LogP contribution < -0.4 is 10.4 Å². The fourth-order valence-corrected chi connectivity index (χ4v) is 11.9. The van der Waals surface area contributed by atoms with Gasteiger partial charge in [-0.3, -0.25) is 14.3 Å². The highest BCUT2D eigenvalue weighted by molar-refractivity contribution is 5.92. The van der Waals surface area contributed by atoms with Crippen molar-refractivity contribution < 1.29 is 73.0 Å². The van der Waals surface area contributed by atoms with Gasteiger partial charge in [0.2, 0.25) is 5.43 Å². The lowest BCUT2D eigenvalue weighted by Gasteiger charge is -2.49. The quantitative estimate of drug-likeness (QED) is 0.104. The zero-order valence-corrected chi connectivity index (χ0v) is 48.3. The van der Waals surface area contributed by atoms with Gasteiger partial charge in [0.15, 0.2) is 12.6 Å². The van der Waals surface area contributed by atoms with Crippen molar-refractivity contribution in [2.45, 2.75) is 204 Å². The van der Waals surface area contributed by atoms with Gasteiger partial charge in [-0.2, -0.15) is 0 Å². The molecule has 3 aliphatic heterocycles. The van der Waals surface area contributed by atoms with Crippen molar-refractivity contribution in [1.82, 2.24) is 14.5 Å². The number of hydrogen-bond acceptors (Lipinski definition) is 18. The van der Waals surface area contributed by atoms with Crippen LogP contribution in [-0.2, 0) is 49.1 Å². The monoisotopic (exact) mass is 1080 g/mol. The number of aromatic nitrogens is 1. The predicted octanol–water partition coefficient (Wildman–Crippen LogP) is 4.18. The third kappa shape index (κ3) is 14.9. The first-order valence-electron chi connectivity index (χ1n) is 27.3. The van der Waals surface area contributed by atoms with Crippen LogP contribution >= 0.6 is 0 Å². The van der Waals surface area contributed by atoms with Gasteiger partial charge in [0, 0.05) is 83.6 Å². The Labute approximate surface area is 450 Å². The average molecular weight is 1080 g/mol. The number of carbonyl (C=O) groups is 2. The summed E-state index contributed by atoms with van der Waals surface area (Å²) in [5.41, 5.74) is -3.68. The summed E-state index contributed by atoms with van der Waals surface area (Å²) in [4.78, 5) is 43.3. The van der Waals surface area contributed by atoms with Crippen LogP contribution in [0.25, 0.3) is 10.9 Å². The van der Waals surface area contributed by atoms with Crippen molar-refractivity contribution in [3.63, 3.8) is 0 Å². The summed E-state index contributed by atoms with van der Waals surface area (Å²) in [7, 11) is 10.8. The molecule has 434 valence electrons. The molecule has 0 bridgehead atoms. The number of cyclic esters (lactones) is 1. The van der Waals surface area contributed by atoms with Gasteiger partial charge >= 0.3 is 11.9 Å². The number of nitrogens with zero attached hydrogens (tertiary/aromatic N) is 4. The zero-order chi connectivity index (χ0) is 56.8. The lowest BCUT2D eigenvalue weighted by Crippen LogP contribution is -2.61. The van der Waals surface area contributed by atoms with Crippen LogP contribution in [0, 0.1) is 17.8 Å². The molecule has 3 aliphatic rings. The first-order valence-corrected chi connectivity index (χ1v) is 27.3. The van der Waals surface area contributed by atoms with Crippen LogP contribution in [0.2, 0.25) is 0 Å². The summed E-state index contributed by atoms with van der Waals surface area (Å²) < 4.78 is 53.2. The van der Waals surface area contributed by atoms with E-state index in [1.165, 1.54) is 13.1 Å². The number of carboxylic acids is 1. The van der Waals surface area contributed by atoms with E-state index in [9.17, 15) is 39.9 Å². The summed E-state index contributed by atoms with van der Waals surface area (Å²) >= 11 is 0. The van der Waals surface area contributed by atoms with Crippen LogP contribution in [0.5, 0.6) is 0 Å². The van der Waals surface area contributed by atoms with Crippen LogP contribution in [0.15, 0.2) is 29.2 Å². The SMILES string of the molecule is CC[C@H]1OC(=O)[C@H](C)[C@@H](O[C@H]2C[C@@](C)(OC)[C@@H](OCCCOCCCc3ccc4c(c3)c(=O)c(C(=O)O)cn4N(C)C)[C@H](C)O2)[C@H](C)[C@@H](O[C@@H]2O[C@H](C)C[C@H](N(C)C)[C@H]2O)[C@](C)(O)C[C@@H](C)CN(C)[C@H](C)[C@@H](O)[C@]1(C)O. The van der Waals surface area contributed by atoms with Gasteiger partial charge in [-0.1, -0.05) is 26.8 Å². The van der Waals surface area contributed by atoms with E-state index < -0.39 is 107 Å². The number of rotatable bonds is 18. The number of carbonyl (C=O) groups excluding carboxylic acids is 1. The lowest BCUT2D eigenvalue weighted by atomic mass is 9.77. The largest absolute Gasteiger partial charge is 0.477 e. The summed E-state index contributed by atoms with van der Waals surface area (Å²) in [6, 6.07) is 4.65. The number of ether oxygens (including phenoxy) is 8. The van der Waals surface area contributed by atoms with Gasteiger partial charge in [0.05, 0.1) is 47.1 Å². The molecule has 20 heteroatoms. The van der Waals surface area contributed by atoms with Gasteiger partial charge in [-0.05, 0) is 132 Å². The molecule has 5 rings (SSSR count). The molecule has 2 aromatic rings. The average Bonchev–Trinajstić information content (AvgIpc) is 3.34. The second-order valence-electron chi connectivity index (χ2n) is 23.3. The highest BCUT2D eigenvalue weighted by atomic mass is 16.7. The maximum Gasteiger partial charge on any atom is 0.341 e. The number of esters is 1. The van der Waals surface area contributed by atoms with E-state index in [4.69, 9.17) is 37.9 Å². The molecule has 1 aromatic carbocycles. The molecule has 0 aliphatic carbocycles. The number of carboxylic acid groups (broad SMARTS) is 1. The third-order valence-corrected chi connectivity index (χ3v) is 16.4. The second kappa shape index (κ2) is 26.7. The van der Waals surface area contributed by atoms with Crippen molar-refractivity contribution in [2.24, 2.45) is 17.8 Å². The number of benzene rings is 1. The van der Waals surface area contributed by atoms with Crippen LogP contribution in [-0.4, -0.2) is 211 Å². The standard InChI is InChI=1S/C56H94N4O16/c1-17-43-56(10,68)48(63)36(6)59(15)30-32(2)28-54(8,67)49(76-53-46(62)42(57(11)12)26-33(3)72-53)34(4)47(35(5)52(66)74-43)75-44-29-55(9,69-16)50(37(7)73-44)71-25-19-24-70-23-18-20-38-21-22-41-39(27-38)45(61)40(51(64)65)31-60(41)58(13)14/h21-22,27,31-37,42-44,46-50,53,62-63,67-68H,17-20,23-26,28-30H2,1-16H3,(H,64,65)/t32-,33-,34+,35-,36-,37+,42+,43-,44+,46-,47+,48-,49-,50+,53+,54-,55-,56-/m1/s1. The number of hydrogen-bond donors (Lipinski definition) is 5. The van der Waals surface area contributed by atoms with E-state index in [-0.39, 0.29) is 42.9 Å². The lowest BCUT2D eigenvalue weighted by molar-refractivity contribution is -0.320. The fraction of sp³-hybridized carbons (Fsp3) is 0.804. The molecule has 4 heterocycles. The van der Waals surface area contributed by atoms with Crippen LogP contribution in [0.3, 0.4) is 0 Å². The Balaban J connectivity index is 1.32. The summed E-state index contributed by atoms with van der Waals surface area (Å²) in [6.07, 6.45) is -4.74. The van der Waals surface area contributed by atoms with Crippen LogP contribution in [0.1, 0.15) is 124 Å². The molecule has 0 spiro atoms. The Bertz CT molecular complexity index is 2260. The number of pyridine rings is 1. The van der Waals surface area contributed by atoms with Gasteiger partial charge < -0.3 is 78.2 Å². The highest BCUT2D eigenvalue weighted by Gasteiger charge is 2.53. The summed E-state index contributed by atoms with van der Waals surface area (Å²) in [6.45, 7) is 19.6. The minimum Gasteiger partial charge on any atom is -0.477 e. The number of likely N-dealkylation sites (N-methyl/N-ethyl adjacent to an activating group) is 2. The van der Waals surface area contributed by atoms with Crippen molar-refractivity contribution in [2.75, 3.05) is 73.7 Å². The zero-order valence-electron chi connectivity index (χ0n) is 48.3. The van der Waals surface area contributed by atoms with Crippen molar-refractivity contribution in [1.29, 1.82) is 0 Å². The highest BCUT2D eigenvalue weighted by Crippen LogP contribution is 2.41. The molecule has 5 N–H and O–H groups in total. The minimum absolute atomic E-state index is 0.176. The fourth-order valence-electron chi connectivity index (χ4n) is 11.9. The number of fused-ring (bicyclic) bond motifs is 1.